The summed E-state index contributed by atoms with van der Waals surface area (Å²) in [5, 5.41) is 2.94. The summed E-state index contributed by atoms with van der Waals surface area (Å²) in [7, 11) is 2.02. The van der Waals surface area contributed by atoms with E-state index in [4.69, 9.17) is 44.3 Å². The number of halogens is 4. The highest BCUT2D eigenvalue weighted by atomic mass is 35.6. The Bertz CT molecular complexity index is 1120. The molecule has 1 fully saturated rings. The third kappa shape index (κ3) is 8.23. The van der Waals surface area contributed by atoms with Gasteiger partial charge in [0.05, 0.1) is 18.8 Å². The number of amides is 1. The first-order valence-electron chi connectivity index (χ1n) is 12.7. The summed E-state index contributed by atoms with van der Waals surface area (Å²) in [6.07, 6.45) is 3.93. The van der Waals surface area contributed by atoms with Gasteiger partial charge in [-0.05, 0) is 49.1 Å². The molecule has 2 aromatic rings. The minimum absolute atomic E-state index is 0.315. The van der Waals surface area contributed by atoms with Crippen molar-refractivity contribution in [2.24, 2.45) is 0 Å². The first-order chi connectivity index (χ1) is 18.1. The average molecular weight is 585 g/mol. The number of hydrogen-bond donors (Lipinski definition) is 1. The smallest absolute Gasteiger partial charge is 0.272 e. The van der Waals surface area contributed by atoms with Gasteiger partial charge in [-0.25, -0.2) is 4.39 Å². The first-order valence-corrected chi connectivity index (χ1v) is 13.8. The lowest BCUT2D eigenvalue weighted by Gasteiger charge is -2.30. The van der Waals surface area contributed by atoms with Gasteiger partial charge in [0.15, 0.2) is 0 Å². The Kier molecular flexibility index (Phi) is 9.82. The van der Waals surface area contributed by atoms with E-state index in [9.17, 15) is 9.18 Å². The topological polar surface area (TPSA) is 54.0 Å². The second-order valence-corrected chi connectivity index (χ2v) is 12.2. The molecule has 0 radical (unpaired) electrons. The predicted molar refractivity (Wildman–Crippen MR) is 151 cm³/mol. The molecular formula is C28H33Cl3FN3O3. The summed E-state index contributed by atoms with van der Waals surface area (Å²) >= 11 is 17.6. The van der Waals surface area contributed by atoms with Gasteiger partial charge in [-0.1, -0.05) is 64.7 Å². The Morgan fingerprint density at radius 2 is 1.92 bits per heavy atom. The Labute approximate surface area is 238 Å². The van der Waals surface area contributed by atoms with Gasteiger partial charge in [0.2, 0.25) is 0 Å². The van der Waals surface area contributed by atoms with E-state index < -0.39 is 15.2 Å². The monoisotopic (exact) mass is 583 g/mol. The number of likely N-dealkylation sites (N-methyl/N-ethyl adjacent to an activating group) is 1. The number of alkyl halides is 3. The number of anilines is 1. The summed E-state index contributed by atoms with van der Waals surface area (Å²) in [4.78, 5) is 17.1. The van der Waals surface area contributed by atoms with Crippen LogP contribution in [0.2, 0.25) is 0 Å². The quantitative estimate of drug-likeness (QED) is 0.309. The van der Waals surface area contributed by atoms with Crippen LogP contribution in [-0.2, 0) is 16.0 Å². The summed E-state index contributed by atoms with van der Waals surface area (Å²) in [5.74, 6) is -0.175. The van der Waals surface area contributed by atoms with Crippen molar-refractivity contribution >= 4 is 46.4 Å². The minimum Gasteiger partial charge on any atom is -0.492 e. The predicted octanol–water partition coefficient (Wildman–Crippen LogP) is 5.16. The lowest BCUT2D eigenvalue weighted by Crippen LogP contribution is -2.51. The Hall–Kier alpha value is -2.03. The Morgan fingerprint density at radius 3 is 2.63 bits per heavy atom. The maximum absolute atomic E-state index is 13.5. The van der Waals surface area contributed by atoms with E-state index in [-0.39, 0.29) is 5.82 Å². The lowest BCUT2D eigenvalue weighted by molar-refractivity contribution is -0.121. The van der Waals surface area contributed by atoms with E-state index in [0.717, 1.165) is 61.8 Å². The Balaban J connectivity index is 1.42. The van der Waals surface area contributed by atoms with Crippen LogP contribution in [0, 0.1) is 5.82 Å². The van der Waals surface area contributed by atoms with Crippen LogP contribution in [0.5, 0.6) is 5.75 Å². The van der Waals surface area contributed by atoms with E-state index in [1.54, 1.807) is 12.1 Å². The molecule has 6 nitrogen and oxygen atoms in total. The molecule has 0 aromatic heterocycles. The molecule has 4 rings (SSSR count). The molecule has 2 aliphatic rings. The molecule has 1 amide bonds. The van der Waals surface area contributed by atoms with Gasteiger partial charge >= 0.3 is 0 Å². The number of carbonyl (C=O) groups excluding carboxylic acids is 1. The van der Waals surface area contributed by atoms with Crippen LogP contribution in [0.3, 0.4) is 0 Å². The van der Waals surface area contributed by atoms with Crippen LogP contribution in [0.15, 0.2) is 60.2 Å². The number of hydrogen-bond acceptors (Lipinski definition) is 5. The van der Waals surface area contributed by atoms with Gasteiger partial charge in [0.25, 0.3) is 9.70 Å². The molecule has 38 heavy (non-hydrogen) atoms. The number of rotatable bonds is 10. The normalized spacial score (nSPS) is 20.2. The molecule has 1 saturated heterocycles. The number of nitrogens with one attached hydrogen (secondary N) is 1. The molecule has 1 aliphatic heterocycles. The van der Waals surface area contributed by atoms with Crippen molar-refractivity contribution in [3.05, 3.63) is 71.6 Å². The molecule has 0 spiro atoms. The SMILES string of the molecule is CN(CC1=CC(Cc2ccc(F)cc2)(NC(=O)C(Cl)(Cl)Cl)CC1)c1cccc(OCCN2CCOCC2)c1. The van der Waals surface area contributed by atoms with Crippen molar-refractivity contribution in [3.63, 3.8) is 0 Å². The highest BCUT2D eigenvalue weighted by molar-refractivity contribution is 6.76. The van der Waals surface area contributed by atoms with Crippen molar-refractivity contribution in [1.29, 1.82) is 0 Å². The fourth-order valence-corrected chi connectivity index (χ4v) is 5.05. The number of benzene rings is 2. The second-order valence-electron chi connectivity index (χ2n) is 9.87. The van der Waals surface area contributed by atoms with Gasteiger partial charge in [0.1, 0.15) is 18.2 Å². The molecule has 10 heteroatoms. The molecule has 206 valence electrons. The number of morpholine rings is 1. The van der Waals surface area contributed by atoms with Gasteiger partial charge < -0.3 is 19.7 Å². The zero-order valence-electron chi connectivity index (χ0n) is 21.4. The number of nitrogens with zero attached hydrogens (tertiary/aromatic N) is 2. The number of ether oxygens (including phenoxy) is 2. The standard InChI is InChI=1S/C28H33Cl3FN3O3/c1-34(24-3-2-4-25(17-24)38-16-13-35-11-14-37-15-12-35)20-22-9-10-27(19-22,33-26(36)28(29,30)31)18-21-5-7-23(32)8-6-21/h2-8,17,19H,9-16,18,20H2,1H3,(H,33,36). The van der Waals surface area contributed by atoms with Crippen molar-refractivity contribution in [1.82, 2.24) is 10.2 Å². The summed E-state index contributed by atoms with van der Waals surface area (Å²) < 4.78 is 22.8. The molecule has 1 unspecified atom stereocenters. The minimum atomic E-state index is -2.08. The molecule has 2 aromatic carbocycles. The molecule has 0 saturated carbocycles. The fourth-order valence-electron chi connectivity index (χ4n) is 4.91. The van der Waals surface area contributed by atoms with Crippen molar-refractivity contribution in [2.75, 3.05) is 57.9 Å². The summed E-state index contributed by atoms with van der Waals surface area (Å²) in [6.45, 7) is 5.56. The largest absolute Gasteiger partial charge is 0.492 e. The summed E-state index contributed by atoms with van der Waals surface area (Å²) in [5.41, 5.74) is 2.32. The third-order valence-corrected chi connectivity index (χ3v) is 7.42. The zero-order valence-corrected chi connectivity index (χ0v) is 23.7. The highest BCUT2D eigenvalue weighted by Gasteiger charge is 2.40. The fraction of sp³-hybridized carbons (Fsp3) is 0.464. The zero-order chi connectivity index (χ0) is 27.2. The van der Waals surface area contributed by atoms with Gasteiger partial charge in [0, 0.05) is 45.0 Å². The van der Waals surface area contributed by atoms with Gasteiger partial charge in [-0.15, -0.1) is 0 Å². The molecule has 1 heterocycles. The van der Waals surface area contributed by atoms with E-state index in [0.29, 0.717) is 26.0 Å². The van der Waals surface area contributed by atoms with Crippen LogP contribution in [-0.4, -0.2) is 73.2 Å². The molecule has 0 bridgehead atoms. The first kappa shape index (κ1) is 29.0. The van der Waals surface area contributed by atoms with E-state index >= 15 is 0 Å². The van der Waals surface area contributed by atoms with Crippen LogP contribution >= 0.6 is 34.8 Å². The van der Waals surface area contributed by atoms with Gasteiger partial charge in [-0.3, -0.25) is 9.69 Å². The summed E-state index contributed by atoms with van der Waals surface area (Å²) in [6, 6.07) is 14.3. The molecule has 1 N–H and O–H groups in total. The van der Waals surface area contributed by atoms with Crippen molar-refractivity contribution < 1.29 is 18.7 Å². The van der Waals surface area contributed by atoms with Crippen LogP contribution < -0.4 is 15.0 Å². The molecule has 1 aliphatic carbocycles. The maximum atomic E-state index is 13.5. The average Bonchev–Trinajstić information content (AvgIpc) is 3.27. The third-order valence-electron chi connectivity index (χ3n) is 6.90. The highest BCUT2D eigenvalue weighted by Crippen LogP contribution is 2.35. The molecule has 1 atom stereocenters. The molecular weight excluding hydrogens is 552 g/mol. The van der Waals surface area contributed by atoms with Crippen LogP contribution in [0.1, 0.15) is 18.4 Å². The van der Waals surface area contributed by atoms with Crippen LogP contribution in [0.25, 0.3) is 0 Å². The van der Waals surface area contributed by atoms with Crippen molar-refractivity contribution in [3.8, 4) is 5.75 Å². The lowest BCUT2D eigenvalue weighted by atomic mass is 9.90. The van der Waals surface area contributed by atoms with Crippen LogP contribution in [0.4, 0.5) is 10.1 Å². The second kappa shape index (κ2) is 12.9. The van der Waals surface area contributed by atoms with Gasteiger partial charge in [-0.2, -0.15) is 0 Å². The maximum Gasteiger partial charge on any atom is 0.272 e. The Morgan fingerprint density at radius 1 is 1.18 bits per heavy atom. The number of carbonyl (C=O) groups is 1. The van der Waals surface area contributed by atoms with E-state index in [2.05, 4.69) is 21.2 Å². The van der Waals surface area contributed by atoms with E-state index in [1.807, 2.05) is 31.3 Å². The van der Waals surface area contributed by atoms with Crippen molar-refractivity contribution in [2.45, 2.75) is 28.6 Å². The van der Waals surface area contributed by atoms with E-state index in [1.165, 1.54) is 12.1 Å².